The van der Waals surface area contributed by atoms with E-state index in [1.54, 1.807) is 6.08 Å². The summed E-state index contributed by atoms with van der Waals surface area (Å²) in [6.07, 6.45) is 6.14. The quantitative estimate of drug-likeness (QED) is 0.517. The van der Waals surface area contributed by atoms with Gasteiger partial charge >= 0.3 is 0 Å². The van der Waals surface area contributed by atoms with Gasteiger partial charge in [0.2, 0.25) is 5.91 Å². The van der Waals surface area contributed by atoms with Crippen LogP contribution >= 0.6 is 11.8 Å². The molecule has 152 valence electrons. The molecule has 0 radical (unpaired) electrons. The zero-order valence-corrected chi connectivity index (χ0v) is 17.3. The van der Waals surface area contributed by atoms with Crippen LogP contribution in [0.2, 0.25) is 0 Å². The molecular formula is C22H30N2O3S. The molecule has 0 bridgehead atoms. The third kappa shape index (κ3) is 5.77. The van der Waals surface area contributed by atoms with Crippen molar-refractivity contribution in [2.75, 3.05) is 18.1 Å². The molecule has 5 nitrogen and oxygen atoms in total. The summed E-state index contributed by atoms with van der Waals surface area (Å²) in [5.74, 6) is 2.50. The van der Waals surface area contributed by atoms with E-state index in [1.165, 1.54) is 12.2 Å². The lowest BCUT2D eigenvalue weighted by Crippen LogP contribution is -2.54. The zero-order valence-electron chi connectivity index (χ0n) is 16.5. The highest BCUT2D eigenvalue weighted by Crippen LogP contribution is 2.31. The van der Waals surface area contributed by atoms with Crippen LogP contribution in [0.5, 0.6) is 0 Å². The number of benzene rings is 1. The van der Waals surface area contributed by atoms with Crippen molar-refractivity contribution in [3.8, 4) is 0 Å². The first-order valence-electron chi connectivity index (χ1n) is 10.3. The van der Waals surface area contributed by atoms with Crippen LogP contribution in [0.4, 0.5) is 0 Å². The van der Waals surface area contributed by atoms with Gasteiger partial charge in [-0.15, -0.1) is 0 Å². The van der Waals surface area contributed by atoms with E-state index in [9.17, 15) is 9.59 Å². The first-order valence-corrected chi connectivity index (χ1v) is 11.4. The molecule has 3 unspecified atom stereocenters. The largest absolute Gasteiger partial charge is 0.483 e. The number of carbonyl (C=O) groups is 2. The summed E-state index contributed by atoms with van der Waals surface area (Å²) in [7, 11) is 0. The molecule has 1 saturated carbocycles. The van der Waals surface area contributed by atoms with E-state index in [0.717, 1.165) is 37.1 Å². The molecule has 2 fully saturated rings. The van der Waals surface area contributed by atoms with E-state index < -0.39 is 0 Å². The summed E-state index contributed by atoms with van der Waals surface area (Å²) in [6, 6.07) is 9.60. The van der Waals surface area contributed by atoms with Gasteiger partial charge < -0.3 is 15.4 Å². The lowest BCUT2D eigenvalue weighted by molar-refractivity contribution is -0.134. The summed E-state index contributed by atoms with van der Waals surface area (Å²) in [5, 5.41) is 6.11. The van der Waals surface area contributed by atoms with Crippen LogP contribution in [0.15, 0.2) is 36.1 Å². The number of carbonyl (C=O) groups excluding carboxylic acids is 2. The Bertz CT molecular complexity index is 692. The molecule has 3 atom stereocenters. The van der Waals surface area contributed by atoms with Crippen molar-refractivity contribution in [3.63, 3.8) is 0 Å². The maximum Gasteiger partial charge on any atom is 0.286 e. The Labute approximate surface area is 171 Å². The summed E-state index contributed by atoms with van der Waals surface area (Å²) < 4.78 is 5.99. The van der Waals surface area contributed by atoms with Crippen LogP contribution in [-0.2, 0) is 14.3 Å². The monoisotopic (exact) mass is 402 g/mol. The van der Waals surface area contributed by atoms with E-state index in [0.29, 0.717) is 12.2 Å². The number of amides is 2. The van der Waals surface area contributed by atoms with Crippen LogP contribution in [0.1, 0.15) is 44.6 Å². The molecule has 2 amide bonds. The molecule has 1 aliphatic heterocycles. The molecule has 2 N–H and O–H groups in total. The van der Waals surface area contributed by atoms with E-state index >= 15 is 0 Å². The van der Waals surface area contributed by atoms with Crippen molar-refractivity contribution in [1.82, 2.24) is 10.6 Å². The smallest absolute Gasteiger partial charge is 0.286 e. The van der Waals surface area contributed by atoms with Crippen LogP contribution in [-0.4, -0.2) is 42.0 Å². The molecule has 1 aromatic carbocycles. The van der Waals surface area contributed by atoms with Crippen LogP contribution < -0.4 is 10.6 Å². The SMILES string of the molecule is CCCSCCCNC(=O)C1CCC2O/C(=C\c3ccccc3)C(=O)NC2C1. The van der Waals surface area contributed by atoms with Gasteiger partial charge in [0.05, 0.1) is 6.04 Å². The summed E-state index contributed by atoms with van der Waals surface area (Å²) in [6.45, 7) is 2.91. The Kier molecular flexibility index (Phi) is 7.83. The topological polar surface area (TPSA) is 67.4 Å². The van der Waals surface area contributed by atoms with Gasteiger partial charge in [-0.25, -0.2) is 0 Å². The minimum atomic E-state index is -0.195. The van der Waals surface area contributed by atoms with Gasteiger partial charge in [-0.05, 0) is 55.2 Å². The molecule has 3 rings (SSSR count). The maximum absolute atomic E-state index is 12.5. The van der Waals surface area contributed by atoms with Crippen molar-refractivity contribution < 1.29 is 14.3 Å². The van der Waals surface area contributed by atoms with E-state index in [-0.39, 0.29) is 29.9 Å². The fraction of sp³-hybridized carbons (Fsp3) is 0.545. The van der Waals surface area contributed by atoms with Crippen molar-refractivity contribution >= 4 is 29.7 Å². The van der Waals surface area contributed by atoms with Gasteiger partial charge in [-0.2, -0.15) is 11.8 Å². The molecule has 28 heavy (non-hydrogen) atoms. The summed E-state index contributed by atoms with van der Waals surface area (Å²) >= 11 is 1.94. The molecule has 1 heterocycles. The molecule has 0 spiro atoms. The zero-order chi connectivity index (χ0) is 19.8. The highest BCUT2D eigenvalue weighted by atomic mass is 32.2. The Balaban J connectivity index is 1.47. The average Bonchev–Trinajstić information content (AvgIpc) is 2.71. The minimum absolute atomic E-state index is 0.0481. The Morgan fingerprint density at radius 1 is 1.29 bits per heavy atom. The van der Waals surface area contributed by atoms with Gasteiger partial charge in [-0.3, -0.25) is 9.59 Å². The van der Waals surface area contributed by atoms with Gasteiger partial charge in [-0.1, -0.05) is 37.3 Å². The molecule has 6 heteroatoms. The number of thioether (sulfide) groups is 1. The van der Waals surface area contributed by atoms with E-state index in [4.69, 9.17) is 4.74 Å². The van der Waals surface area contributed by atoms with Crippen LogP contribution in [0.25, 0.3) is 6.08 Å². The first kappa shape index (κ1) is 20.8. The molecule has 0 aromatic heterocycles. The fourth-order valence-electron chi connectivity index (χ4n) is 3.71. The third-order valence-corrected chi connectivity index (χ3v) is 6.46. The number of nitrogens with one attached hydrogen (secondary N) is 2. The second-order valence-corrected chi connectivity index (χ2v) is 8.65. The summed E-state index contributed by atoms with van der Waals surface area (Å²) in [4.78, 5) is 24.9. The second-order valence-electron chi connectivity index (χ2n) is 7.42. The number of hydrogen-bond acceptors (Lipinski definition) is 4. The lowest BCUT2D eigenvalue weighted by Gasteiger charge is -2.39. The van der Waals surface area contributed by atoms with Crippen LogP contribution in [0, 0.1) is 5.92 Å². The Morgan fingerprint density at radius 2 is 2.11 bits per heavy atom. The van der Waals surface area contributed by atoms with Crippen molar-refractivity contribution in [1.29, 1.82) is 0 Å². The highest BCUT2D eigenvalue weighted by molar-refractivity contribution is 7.99. The van der Waals surface area contributed by atoms with Crippen molar-refractivity contribution in [3.05, 3.63) is 41.7 Å². The predicted molar refractivity (Wildman–Crippen MR) is 114 cm³/mol. The number of morpholine rings is 1. The van der Waals surface area contributed by atoms with Gasteiger partial charge in [0.15, 0.2) is 5.76 Å². The lowest BCUT2D eigenvalue weighted by atomic mass is 9.82. The minimum Gasteiger partial charge on any atom is -0.483 e. The fourth-order valence-corrected chi connectivity index (χ4v) is 4.55. The molecular weight excluding hydrogens is 372 g/mol. The van der Waals surface area contributed by atoms with Gasteiger partial charge in [0.1, 0.15) is 6.10 Å². The second kappa shape index (κ2) is 10.6. The number of fused-ring (bicyclic) bond motifs is 1. The average molecular weight is 403 g/mol. The number of ether oxygens (including phenoxy) is 1. The molecule has 1 saturated heterocycles. The standard InChI is InChI=1S/C22H30N2O3S/c1-2-12-28-13-6-11-23-21(25)17-9-10-19-18(15-17)24-22(26)20(27-19)14-16-7-4-3-5-8-16/h3-5,7-8,14,17-19H,2,6,9-13,15H2,1H3,(H,23,25)(H,24,26)/b20-14-. The number of rotatable bonds is 8. The summed E-state index contributed by atoms with van der Waals surface area (Å²) in [5.41, 5.74) is 0.941. The molecule has 1 aliphatic carbocycles. The van der Waals surface area contributed by atoms with Crippen molar-refractivity contribution in [2.45, 2.75) is 51.2 Å². The van der Waals surface area contributed by atoms with Gasteiger partial charge in [0, 0.05) is 12.5 Å². The maximum atomic E-state index is 12.5. The number of hydrogen-bond donors (Lipinski definition) is 2. The predicted octanol–water partition coefficient (Wildman–Crippen LogP) is 3.36. The van der Waals surface area contributed by atoms with Crippen LogP contribution in [0.3, 0.4) is 0 Å². The molecule has 1 aromatic rings. The normalized spacial score (nSPS) is 25.5. The highest BCUT2D eigenvalue weighted by Gasteiger charge is 2.40. The van der Waals surface area contributed by atoms with E-state index in [2.05, 4.69) is 17.6 Å². The third-order valence-electron chi connectivity index (χ3n) is 5.19. The van der Waals surface area contributed by atoms with Gasteiger partial charge in [0.25, 0.3) is 5.91 Å². The Morgan fingerprint density at radius 3 is 2.89 bits per heavy atom. The Hall–Kier alpha value is -1.95. The molecule has 2 aliphatic rings. The van der Waals surface area contributed by atoms with E-state index in [1.807, 2.05) is 42.1 Å². The van der Waals surface area contributed by atoms with Crippen molar-refractivity contribution in [2.24, 2.45) is 5.92 Å². The first-order chi connectivity index (χ1) is 13.7.